The van der Waals surface area contributed by atoms with Crippen LogP contribution in [0.5, 0.6) is 0 Å². The Labute approximate surface area is 183 Å². The van der Waals surface area contributed by atoms with Crippen LogP contribution in [0.25, 0.3) is 10.9 Å². The number of aliphatic carboxylic acids is 1. The highest BCUT2D eigenvalue weighted by Gasteiger charge is 2.45. The van der Waals surface area contributed by atoms with Crippen molar-refractivity contribution in [2.45, 2.75) is 44.1 Å². The SMILES string of the molecule is CCO[C@@H]1CO[C@@]2(CCCN(C(=O)c3ccnc4ccccc34)C2)C1.O=C(O)C(F)(F)F. The molecule has 2 aliphatic heterocycles. The number of fused-ring (bicyclic) bond motifs is 1. The summed E-state index contributed by atoms with van der Waals surface area (Å²) in [6.45, 7) is 4.77. The molecule has 1 N–H and O–H groups in total. The highest BCUT2D eigenvalue weighted by molar-refractivity contribution is 6.06. The Kier molecular flexibility index (Phi) is 7.35. The van der Waals surface area contributed by atoms with Gasteiger partial charge in [-0.2, -0.15) is 13.2 Å². The molecular weight excluding hydrogens is 429 g/mol. The number of nitrogens with zero attached hydrogens (tertiary/aromatic N) is 2. The molecule has 1 amide bonds. The zero-order chi connectivity index (χ0) is 23.4. The second kappa shape index (κ2) is 9.83. The minimum Gasteiger partial charge on any atom is -0.475 e. The maximum Gasteiger partial charge on any atom is 0.490 e. The van der Waals surface area contributed by atoms with Crippen molar-refractivity contribution in [1.29, 1.82) is 0 Å². The van der Waals surface area contributed by atoms with Gasteiger partial charge in [0.25, 0.3) is 5.91 Å². The number of carbonyl (C=O) groups is 2. The van der Waals surface area contributed by atoms with Crippen LogP contribution in [0, 0.1) is 0 Å². The van der Waals surface area contributed by atoms with Crippen LogP contribution in [-0.4, -0.2) is 71.1 Å². The first kappa shape index (κ1) is 23.9. The third-order valence-electron chi connectivity index (χ3n) is 5.53. The molecule has 2 atom stereocenters. The lowest BCUT2D eigenvalue weighted by atomic mass is 9.89. The summed E-state index contributed by atoms with van der Waals surface area (Å²) >= 11 is 0. The Bertz CT molecular complexity index is 963. The molecule has 1 aromatic carbocycles. The van der Waals surface area contributed by atoms with E-state index in [1.54, 1.807) is 6.20 Å². The Morgan fingerprint density at radius 2 is 2.03 bits per heavy atom. The van der Waals surface area contributed by atoms with E-state index in [4.69, 9.17) is 19.4 Å². The number of benzene rings is 1. The first-order valence-electron chi connectivity index (χ1n) is 10.3. The Morgan fingerprint density at radius 1 is 1.31 bits per heavy atom. The lowest BCUT2D eigenvalue weighted by molar-refractivity contribution is -0.192. The van der Waals surface area contributed by atoms with Gasteiger partial charge >= 0.3 is 12.1 Å². The maximum absolute atomic E-state index is 13.2. The minimum atomic E-state index is -5.08. The molecule has 0 unspecified atom stereocenters. The van der Waals surface area contributed by atoms with E-state index in [2.05, 4.69) is 4.98 Å². The third-order valence-corrected chi connectivity index (χ3v) is 5.53. The molecule has 1 aromatic heterocycles. The number of para-hydroxylation sites is 1. The number of carboxylic acids is 1. The van der Waals surface area contributed by atoms with E-state index < -0.39 is 12.1 Å². The monoisotopic (exact) mass is 454 g/mol. The largest absolute Gasteiger partial charge is 0.490 e. The zero-order valence-electron chi connectivity index (χ0n) is 17.6. The molecule has 0 saturated carbocycles. The molecule has 0 radical (unpaired) electrons. The van der Waals surface area contributed by atoms with Crippen molar-refractivity contribution in [2.24, 2.45) is 0 Å². The van der Waals surface area contributed by atoms with E-state index in [1.807, 2.05) is 42.2 Å². The van der Waals surface area contributed by atoms with Crippen LogP contribution < -0.4 is 0 Å². The van der Waals surface area contributed by atoms with Crippen LogP contribution in [0.3, 0.4) is 0 Å². The summed E-state index contributed by atoms with van der Waals surface area (Å²) in [6.07, 6.45) is -0.374. The first-order chi connectivity index (χ1) is 15.1. The molecule has 0 aliphatic carbocycles. The summed E-state index contributed by atoms with van der Waals surface area (Å²) in [4.78, 5) is 28.4. The van der Waals surface area contributed by atoms with Crippen molar-refractivity contribution in [2.75, 3.05) is 26.3 Å². The molecule has 10 heteroatoms. The second-order valence-electron chi connectivity index (χ2n) is 7.78. The van der Waals surface area contributed by atoms with E-state index >= 15 is 0 Å². The lowest BCUT2D eigenvalue weighted by Gasteiger charge is -2.39. The van der Waals surface area contributed by atoms with Gasteiger partial charge in [0.15, 0.2) is 0 Å². The van der Waals surface area contributed by atoms with Crippen LogP contribution >= 0.6 is 0 Å². The van der Waals surface area contributed by atoms with Crippen molar-refractivity contribution in [1.82, 2.24) is 9.88 Å². The van der Waals surface area contributed by atoms with Crippen molar-refractivity contribution in [3.05, 3.63) is 42.1 Å². The summed E-state index contributed by atoms with van der Waals surface area (Å²) in [6, 6.07) is 9.62. The first-order valence-corrected chi connectivity index (χ1v) is 10.3. The number of aromatic nitrogens is 1. The number of carbonyl (C=O) groups excluding carboxylic acids is 1. The molecule has 32 heavy (non-hydrogen) atoms. The smallest absolute Gasteiger partial charge is 0.475 e. The summed E-state index contributed by atoms with van der Waals surface area (Å²) in [7, 11) is 0. The number of halogens is 3. The molecule has 174 valence electrons. The fraction of sp³-hybridized carbons (Fsp3) is 0.500. The van der Waals surface area contributed by atoms with Crippen molar-refractivity contribution in [3.63, 3.8) is 0 Å². The van der Waals surface area contributed by atoms with Gasteiger partial charge in [-0.05, 0) is 31.9 Å². The fourth-order valence-corrected chi connectivity index (χ4v) is 4.15. The highest BCUT2D eigenvalue weighted by Crippen LogP contribution is 2.36. The second-order valence-corrected chi connectivity index (χ2v) is 7.78. The quantitative estimate of drug-likeness (QED) is 0.762. The third kappa shape index (κ3) is 5.55. The molecule has 2 aromatic rings. The van der Waals surface area contributed by atoms with Gasteiger partial charge in [0.1, 0.15) is 0 Å². The Hall–Kier alpha value is -2.72. The number of piperidine rings is 1. The van der Waals surface area contributed by atoms with Gasteiger partial charge in [0.2, 0.25) is 0 Å². The number of hydrogen-bond donors (Lipinski definition) is 1. The van der Waals surface area contributed by atoms with Crippen LogP contribution in [-0.2, 0) is 14.3 Å². The molecule has 0 bridgehead atoms. The number of alkyl halides is 3. The van der Waals surface area contributed by atoms with Crippen LogP contribution in [0.2, 0.25) is 0 Å². The Balaban J connectivity index is 0.000000360. The highest BCUT2D eigenvalue weighted by atomic mass is 19.4. The van der Waals surface area contributed by atoms with E-state index in [0.717, 1.165) is 42.3 Å². The number of ether oxygens (including phenoxy) is 2. The van der Waals surface area contributed by atoms with Crippen molar-refractivity contribution < 1.29 is 37.3 Å². The summed E-state index contributed by atoms with van der Waals surface area (Å²) in [5.74, 6) is -2.69. The number of pyridine rings is 1. The predicted molar refractivity (Wildman–Crippen MR) is 109 cm³/mol. The molecule has 4 rings (SSSR count). The van der Waals surface area contributed by atoms with Gasteiger partial charge in [0.05, 0.1) is 35.9 Å². The molecule has 1 spiro atoms. The van der Waals surface area contributed by atoms with Gasteiger partial charge < -0.3 is 19.5 Å². The molecule has 7 nitrogen and oxygen atoms in total. The summed E-state index contributed by atoms with van der Waals surface area (Å²) in [5, 5.41) is 8.04. The van der Waals surface area contributed by atoms with Crippen LogP contribution in [0.4, 0.5) is 13.2 Å². The minimum absolute atomic E-state index is 0.0705. The number of hydrogen-bond acceptors (Lipinski definition) is 5. The average Bonchev–Trinajstić information content (AvgIpc) is 3.14. The van der Waals surface area contributed by atoms with Gasteiger partial charge in [0, 0.05) is 31.2 Å². The van der Waals surface area contributed by atoms with Crippen molar-refractivity contribution in [3.8, 4) is 0 Å². The zero-order valence-corrected chi connectivity index (χ0v) is 17.6. The van der Waals surface area contributed by atoms with E-state index in [9.17, 15) is 18.0 Å². The number of amides is 1. The van der Waals surface area contributed by atoms with Gasteiger partial charge in [-0.25, -0.2) is 4.79 Å². The number of rotatable bonds is 3. The van der Waals surface area contributed by atoms with E-state index in [1.165, 1.54) is 0 Å². The van der Waals surface area contributed by atoms with E-state index in [0.29, 0.717) is 19.8 Å². The lowest BCUT2D eigenvalue weighted by Crippen LogP contribution is -2.50. The summed E-state index contributed by atoms with van der Waals surface area (Å²) < 4.78 is 43.6. The average molecular weight is 454 g/mol. The molecule has 2 fully saturated rings. The van der Waals surface area contributed by atoms with Gasteiger partial charge in [-0.15, -0.1) is 0 Å². The topological polar surface area (TPSA) is 89.0 Å². The standard InChI is InChI=1S/C20H24N2O3.C2HF3O2/c1-2-24-15-12-20(25-13-15)9-5-11-22(14-20)19(23)17-8-10-21-18-7-4-3-6-16(17)18;3-2(4,5)1(6)7/h3-4,6-8,10,15H,2,5,9,11-14H2,1H3;(H,6,7)/t15-,20-;/m0./s1. The molecule has 2 saturated heterocycles. The number of carboxylic acid groups (broad SMARTS) is 1. The fourth-order valence-electron chi connectivity index (χ4n) is 4.15. The number of likely N-dealkylation sites (tertiary alicyclic amines) is 1. The predicted octanol–water partition coefficient (Wildman–Crippen LogP) is 3.67. The van der Waals surface area contributed by atoms with E-state index in [-0.39, 0.29) is 17.6 Å². The van der Waals surface area contributed by atoms with Gasteiger partial charge in [-0.1, -0.05) is 18.2 Å². The Morgan fingerprint density at radius 3 is 2.72 bits per heavy atom. The van der Waals surface area contributed by atoms with Crippen molar-refractivity contribution >= 4 is 22.8 Å². The van der Waals surface area contributed by atoms with Crippen LogP contribution in [0.15, 0.2) is 36.5 Å². The van der Waals surface area contributed by atoms with Gasteiger partial charge in [-0.3, -0.25) is 9.78 Å². The molecule has 3 heterocycles. The van der Waals surface area contributed by atoms with Crippen LogP contribution in [0.1, 0.15) is 36.5 Å². The molecule has 2 aliphatic rings. The maximum atomic E-state index is 13.2. The summed E-state index contributed by atoms with van der Waals surface area (Å²) in [5.41, 5.74) is 1.34. The molecular formula is C22H25F3N2O5. The normalized spacial score (nSPS) is 23.1.